The molecule has 0 aliphatic carbocycles. The van der Waals surface area contributed by atoms with E-state index >= 15 is 0 Å². The van der Waals surface area contributed by atoms with Crippen LogP contribution in [-0.4, -0.2) is 0 Å². The summed E-state index contributed by atoms with van der Waals surface area (Å²) >= 11 is 0. The first kappa shape index (κ1) is 10.8. The van der Waals surface area contributed by atoms with E-state index in [1.807, 2.05) is 18.2 Å². The molecule has 94 valence electrons. The maximum absolute atomic E-state index is 5.93. The molecule has 0 saturated carbocycles. The van der Waals surface area contributed by atoms with Gasteiger partial charge in [-0.3, -0.25) is 0 Å². The van der Waals surface area contributed by atoms with Crippen LogP contribution in [0.15, 0.2) is 66.4 Å². The molecule has 2 nitrogen and oxygen atoms in total. The van der Waals surface area contributed by atoms with Crippen molar-refractivity contribution in [2.75, 3.05) is 0 Å². The third-order valence-corrected chi connectivity index (χ3v) is 3.69. The van der Waals surface area contributed by atoms with Crippen LogP contribution in [0.25, 0.3) is 0 Å². The smallest absolute Gasteiger partial charge is 0.141 e. The van der Waals surface area contributed by atoms with Crippen molar-refractivity contribution < 1.29 is 9.47 Å². The Bertz CT molecular complexity index is 631. The summed E-state index contributed by atoms with van der Waals surface area (Å²) < 4.78 is 11.8. The van der Waals surface area contributed by atoms with Crippen LogP contribution < -0.4 is 0 Å². The molecule has 0 radical (unpaired) electrons. The summed E-state index contributed by atoms with van der Waals surface area (Å²) in [4.78, 5) is 0. The van der Waals surface area contributed by atoms with Crippen LogP contribution in [0.2, 0.25) is 0 Å². The van der Waals surface area contributed by atoms with Gasteiger partial charge in [0.1, 0.15) is 24.6 Å². The first-order chi connectivity index (χ1) is 9.42. The molecule has 2 atom stereocenters. The van der Waals surface area contributed by atoms with Crippen LogP contribution >= 0.6 is 0 Å². The van der Waals surface area contributed by atoms with Gasteiger partial charge in [0, 0.05) is 0 Å². The van der Waals surface area contributed by atoms with E-state index in [2.05, 4.69) is 42.5 Å². The second kappa shape index (κ2) is 4.25. The molecule has 0 aromatic heterocycles. The van der Waals surface area contributed by atoms with Gasteiger partial charge in [-0.05, 0) is 22.8 Å². The summed E-state index contributed by atoms with van der Waals surface area (Å²) in [5.41, 5.74) is 3.71. The van der Waals surface area contributed by atoms with Gasteiger partial charge in [0.05, 0.1) is 0 Å². The first-order valence-electron chi connectivity index (χ1n) is 6.54. The van der Waals surface area contributed by atoms with Crippen LogP contribution in [0.4, 0.5) is 0 Å². The highest BCUT2D eigenvalue weighted by atomic mass is 16.6. The second-order valence-corrected chi connectivity index (χ2v) is 4.91. The monoisotopic (exact) mass is 250 g/mol. The summed E-state index contributed by atoms with van der Waals surface area (Å²) in [6.07, 6.45) is 2.16. The molecule has 0 saturated heterocycles. The van der Waals surface area contributed by atoms with Crippen molar-refractivity contribution >= 4 is 0 Å². The summed E-state index contributed by atoms with van der Waals surface area (Å²) in [5, 5.41) is 0. The van der Waals surface area contributed by atoms with E-state index in [1.54, 1.807) is 0 Å². The molecule has 0 N–H and O–H groups in total. The van der Waals surface area contributed by atoms with Crippen molar-refractivity contribution in [1.82, 2.24) is 0 Å². The van der Waals surface area contributed by atoms with Crippen molar-refractivity contribution in [3.05, 3.63) is 83.1 Å². The van der Waals surface area contributed by atoms with E-state index in [-0.39, 0.29) is 12.2 Å². The first-order valence-corrected chi connectivity index (χ1v) is 6.54. The summed E-state index contributed by atoms with van der Waals surface area (Å²) in [6.45, 7) is 0.599. The van der Waals surface area contributed by atoms with Crippen molar-refractivity contribution in [1.29, 1.82) is 0 Å². The molecule has 2 unspecified atom stereocenters. The molecule has 2 aliphatic heterocycles. The number of fused-ring (bicyclic) bond motifs is 5. The second-order valence-electron chi connectivity index (χ2n) is 4.91. The molecule has 2 aliphatic rings. The van der Waals surface area contributed by atoms with Crippen LogP contribution in [-0.2, 0) is 16.1 Å². The summed E-state index contributed by atoms with van der Waals surface area (Å²) in [6, 6.07) is 18.6. The van der Waals surface area contributed by atoms with Crippen LogP contribution in [0.1, 0.15) is 28.9 Å². The molecule has 2 aromatic rings. The van der Waals surface area contributed by atoms with E-state index in [9.17, 15) is 0 Å². The van der Waals surface area contributed by atoms with Crippen LogP contribution in [0.5, 0.6) is 0 Å². The molecule has 2 aromatic carbocycles. The zero-order valence-electron chi connectivity index (χ0n) is 10.5. The lowest BCUT2D eigenvalue weighted by Crippen LogP contribution is -2.03. The van der Waals surface area contributed by atoms with Crippen molar-refractivity contribution in [3.8, 4) is 0 Å². The average Bonchev–Trinajstić information content (AvgIpc) is 3.05. The van der Waals surface area contributed by atoms with Crippen molar-refractivity contribution in [3.63, 3.8) is 0 Å². The highest BCUT2D eigenvalue weighted by molar-refractivity contribution is 5.44. The Balaban J connectivity index is 1.52. The topological polar surface area (TPSA) is 18.5 Å². The van der Waals surface area contributed by atoms with E-state index in [0.29, 0.717) is 6.61 Å². The fourth-order valence-electron chi connectivity index (χ4n) is 2.75. The number of rotatable bonds is 3. The molecular formula is C17H14O2. The predicted octanol–water partition coefficient (Wildman–Crippen LogP) is 3.91. The third kappa shape index (κ3) is 1.76. The van der Waals surface area contributed by atoms with E-state index in [0.717, 1.165) is 5.76 Å². The van der Waals surface area contributed by atoms with Crippen molar-refractivity contribution in [2.24, 2.45) is 0 Å². The molecule has 0 amide bonds. The SMILES string of the molecule is C1=C(OCc2ccccc2)C2OC1c1ccccc12. The van der Waals surface area contributed by atoms with Gasteiger partial charge in [0.2, 0.25) is 0 Å². The Morgan fingerprint density at radius 2 is 1.63 bits per heavy atom. The molecule has 19 heavy (non-hydrogen) atoms. The summed E-state index contributed by atoms with van der Waals surface area (Å²) in [7, 11) is 0. The zero-order valence-corrected chi connectivity index (χ0v) is 10.5. The lowest BCUT2D eigenvalue weighted by molar-refractivity contribution is 0.0465. The minimum Gasteiger partial charge on any atom is -0.490 e. The maximum Gasteiger partial charge on any atom is 0.141 e. The third-order valence-electron chi connectivity index (χ3n) is 3.69. The van der Waals surface area contributed by atoms with Gasteiger partial charge < -0.3 is 9.47 Å². The molecule has 0 fully saturated rings. The Kier molecular flexibility index (Phi) is 2.42. The van der Waals surface area contributed by atoms with Gasteiger partial charge in [-0.2, -0.15) is 0 Å². The molecule has 2 heterocycles. The number of ether oxygens (including phenoxy) is 2. The Hall–Kier alpha value is -2.06. The lowest BCUT2D eigenvalue weighted by Gasteiger charge is -2.15. The van der Waals surface area contributed by atoms with Gasteiger partial charge in [-0.15, -0.1) is 0 Å². The van der Waals surface area contributed by atoms with E-state index in [4.69, 9.17) is 9.47 Å². The Labute approximate surface area is 112 Å². The van der Waals surface area contributed by atoms with Gasteiger partial charge in [0.25, 0.3) is 0 Å². The number of hydrogen-bond donors (Lipinski definition) is 0. The molecule has 2 bridgehead atoms. The molecule has 4 rings (SSSR count). The van der Waals surface area contributed by atoms with Gasteiger partial charge in [0.15, 0.2) is 0 Å². The fourth-order valence-corrected chi connectivity index (χ4v) is 2.75. The largest absolute Gasteiger partial charge is 0.490 e. The highest BCUT2D eigenvalue weighted by Gasteiger charge is 2.39. The molecule has 0 spiro atoms. The lowest BCUT2D eigenvalue weighted by atomic mass is 9.96. The Morgan fingerprint density at radius 3 is 2.47 bits per heavy atom. The quantitative estimate of drug-likeness (QED) is 0.822. The molecular weight excluding hydrogens is 236 g/mol. The minimum absolute atomic E-state index is 0.00934. The van der Waals surface area contributed by atoms with E-state index < -0.39 is 0 Å². The standard InChI is InChI=1S/C17H14O2/c1-2-6-12(7-3-1)11-18-16-10-15-13-8-4-5-9-14(13)17(16)19-15/h1-10,15,17H,11H2. The van der Waals surface area contributed by atoms with Crippen LogP contribution in [0.3, 0.4) is 0 Å². The van der Waals surface area contributed by atoms with E-state index in [1.165, 1.54) is 16.7 Å². The zero-order chi connectivity index (χ0) is 12.7. The minimum atomic E-state index is -0.00934. The van der Waals surface area contributed by atoms with Gasteiger partial charge in [-0.1, -0.05) is 54.6 Å². The normalized spacial score (nSPS) is 23.1. The molecule has 2 heteroatoms. The van der Waals surface area contributed by atoms with Crippen molar-refractivity contribution in [2.45, 2.75) is 18.8 Å². The Morgan fingerprint density at radius 1 is 0.895 bits per heavy atom. The van der Waals surface area contributed by atoms with Crippen LogP contribution in [0, 0.1) is 0 Å². The fraction of sp³-hybridized carbons (Fsp3) is 0.176. The number of hydrogen-bond acceptors (Lipinski definition) is 2. The number of benzene rings is 2. The highest BCUT2D eigenvalue weighted by Crippen LogP contribution is 2.49. The average molecular weight is 250 g/mol. The van der Waals surface area contributed by atoms with Gasteiger partial charge >= 0.3 is 0 Å². The maximum atomic E-state index is 5.93. The predicted molar refractivity (Wildman–Crippen MR) is 72.3 cm³/mol. The van der Waals surface area contributed by atoms with Gasteiger partial charge in [-0.25, -0.2) is 0 Å². The summed E-state index contributed by atoms with van der Waals surface area (Å²) in [5.74, 6) is 0.951.